The van der Waals surface area contributed by atoms with Crippen LogP contribution in [-0.4, -0.2) is 23.6 Å². The number of ether oxygens (including phenoxy) is 1. The van der Waals surface area contributed by atoms with E-state index in [1.54, 1.807) is 0 Å². The van der Waals surface area contributed by atoms with Crippen LogP contribution in [0.4, 0.5) is 0 Å². The van der Waals surface area contributed by atoms with Gasteiger partial charge in [0.2, 0.25) is 5.91 Å². The molecule has 1 amide bonds. The number of carboxylic acids is 1. The summed E-state index contributed by atoms with van der Waals surface area (Å²) in [4.78, 5) is 22.5. The number of rotatable bonds is 7. The Morgan fingerprint density at radius 2 is 2.00 bits per heavy atom. The Hall–Kier alpha value is -1.88. The fourth-order valence-corrected chi connectivity index (χ4v) is 2.15. The first-order valence-electron chi connectivity index (χ1n) is 6.78. The first-order chi connectivity index (χ1) is 9.63. The molecule has 0 spiro atoms. The number of carbonyl (C=O) groups excluding carboxylic acids is 1. The van der Waals surface area contributed by atoms with E-state index in [1.807, 2.05) is 31.2 Å². The molecule has 2 atom stereocenters. The van der Waals surface area contributed by atoms with Crippen molar-refractivity contribution in [2.45, 2.75) is 26.5 Å². The molecule has 0 aromatic heterocycles. The molecule has 5 nitrogen and oxygen atoms in total. The molecule has 0 heterocycles. The van der Waals surface area contributed by atoms with E-state index in [-0.39, 0.29) is 11.8 Å². The lowest BCUT2D eigenvalue weighted by atomic mass is 10.1. The second-order valence-corrected chi connectivity index (χ2v) is 4.91. The standard InChI is InChI=1S/C15H19NO4/c1-2-20-9-11-6-4-3-5-10(11)8-16-14(17)12-7-13(12)15(18)19/h3-6,12-13H,2,7-9H2,1H3,(H,16,17)(H,18,19). The Balaban J connectivity index is 1.88. The average molecular weight is 277 g/mol. The third-order valence-electron chi connectivity index (χ3n) is 3.48. The van der Waals surface area contributed by atoms with Gasteiger partial charge in [-0.3, -0.25) is 9.59 Å². The molecule has 5 heteroatoms. The first-order valence-corrected chi connectivity index (χ1v) is 6.78. The smallest absolute Gasteiger partial charge is 0.307 e. The second kappa shape index (κ2) is 6.52. The van der Waals surface area contributed by atoms with Gasteiger partial charge in [-0.15, -0.1) is 0 Å². The third kappa shape index (κ3) is 3.57. The number of amides is 1. The second-order valence-electron chi connectivity index (χ2n) is 4.91. The van der Waals surface area contributed by atoms with Crippen molar-refractivity contribution in [1.29, 1.82) is 0 Å². The molecule has 1 aromatic carbocycles. The van der Waals surface area contributed by atoms with Gasteiger partial charge in [-0.2, -0.15) is 0 Å². The number of hydrogen-bond donors (Lipinski definition) is 2. The van der Waals surface area contributed by atoms with Crippen molar-refractivity contribution in [2.24, 2.45) is 11.8 Å². The van der Waals surface area contributed by atoms with Gasteiger partial charge in [0, 0.05) is 13.2 Å². The van der Waals surface area contributed by atoms with Crippen molar-refractivity contribution < 1.29 is 19.4 Å². The van der Waals surface area contributed by atoms with Crippen LogP contribution in [0.2, 0.25) is 0 Å². The molecule has 0 aliphatic heterocycles. The maximum Gasteiger partial charge on any atom is 0.307 e. The Morgan fingerprint density at radius 1 is 1.30 bits per heavy atom. The predicted molar refractivity (Wildman–Crippen MR) is 72.9 cm³/mol. The quantitative estimate of drug-likeness (QED) is 0.793. The van der Waals surface area contributed by atoms with Crippen molar-refractivity contribution in [3.05, 3.63) is 35.4 Å². The van der Waals surface area contributed by atoms with Crippen LogP contribution in [-0.2, 0) is 27.5 Å². The molecule has 2 unspecified atom stereocenters. The minimum absolute atomic E-state index is 0.177. The molecular formula is C15H19NO4. The van der Waals surface area contributed by atoms with Crippen LogP contribution in [0.15, 0.2) is 24.3 Å². The van der Waals surface area contributed by atoms with Gasteiger partial charge in [0.05, 0.1) is 18.4 Å². The van der Waals surface area contributed by atoms with Gasteiger partial charge in [-0.05, 0) is 24.5 Å². The van der Waals surface area contributed by atoms with Crippen molar-refractivity contribution in [2.75, 3.05) is 6.61 Å². The van der Waals surface area contributed by atoms with E-state index in [0.29, 0.717) is 26.2 Å². The lowest BCUT2D eigenvalue weighted by Crippen LogP contribution is -2.26. The van der Waals surface area contributed by atoms with E-state index in [2.05, 4.69) is 5.32 Å². The molecule has 1 aliphatic carbocycles. The van der Waals surface area contributed by atoms with E-state index in [1.165, 1.54) is 0 Å². The lowest BCUT2D eigenvalue weighted by molar-refractivity contribution is -0.140. The minimum Gasteiger partial charge on any atom is -0.481 e. The minimum atomic E-state index is -0.887. The topological polar surface area (TPSA) is 75.6 Å². The fourth-order valence-electron chi connectivity index (χ4n) is 2.15. The maximum atomic E-state index is 11.8. The summed E-state index contributed by atoms with van der Waals surface area (Å²) in [5.74, 6) is -1.94. The highest BCUT2D eigenvalue weighted by Gasteiger charge is 2.48. The molecule has 1 fully saturated rings. The van der Waals surface area contributed by atoms with Crippen molar-refractivity contribution in [3.63, 3.8) is 0 Å². The van der Waals surface area contributed by atoms with E-state index in [0.717, 1.165) is 11.1 Å². The molecule has 0 saturated heterocycles. The number of aliphatic carboxylic acids is 1. The average Bonchev–Trinajstić information content (AvgIpc) is 3.24. The van der Waals surface area contributed by atoms with Gasteiger partial charge >= 0.3 is 5.97 Å². The Bertz CT molecular complexity index is 500. The van der Waals surface area contributed by atoms with E-state index < -0.39 is 11.9 Å². The van der Waals surface area contributed by atoms with Gasteiger partial charge in [0.15, 0.2) is 0 Å². The van der Waals surface area contributed by atoms with Gasteiger partial charge in [-0.25, -0.2) is 0 Å². The summed E-state index contributed by atoms with van der Waals surface area (Å²) in [5.41, 5.74) is 2.04. The molecule has 1 aliphatic rings. The van der Waals surface area contributed by atoms with Crippen LogP contribution in [0.3, 0.4) is 0 Å². The number of carbonyl (C=O) groups is 2. The van der Waals surface area contributed by atoms with Gasteiger partial charge in [0.25, 0.3) is 0 Å². The molecule has 20 heavy (non-hydrogen) atoms. The molecule has 1 aromatic rings. The number of nitrogens with one attached hydrogen (secondary N) is 1. The molecule has 0 bridgehead atoms. The number of benzene rings is 1. The first kappa shape index (κ1) is 14.5. The highest BCUT2D eigenvalue weighted by Crippen LogP contribution is 2.38. The summed E-state index contributed by atoms with van der Waals surface area (Å²) in [6.45, 7) is 3.50. The zero-order valence-electron chi connectivity index (χ0n) is 11.5. The summed E-state index contributed by atoms with van der Waals surface area (Å²) in [5, 5.41) is 11.6. The number of carboxylic acid groups (broad SMARTS) is 1. The Kier molecular flexibility index (Phi) is 4.74. The van der Waals surface area contributed by atoms with Crippen LogP contribution < -0.4 is 5.32 Å². The van der Waals surface area contributed by atoms with Gasteiger partial charge in [0.1, 0.15) is 0 Å². The monoisotopic (exact) mass is 277 g/mol. The molecule has 2 rings (SSSR count). The highest BCUT2D eigenvalue weighted by molar-refractivity contribution is 5.89. The fraction of sp³-hybridized carbons (Fsp3) is 0.467. The summed E-state index contributed by atoms with van der Waals surface area (Å²) in [6.07, 6.45) is 0.446. The van der Waals surface area contributed by atoms with Crippen LogP contribution in [0.1, 0.15) is 24.5 Å². The normalized spacial score (nSPS) is 20.4. The maximum absolute atomic E-state index is 11.8. The number of hydrogen-bond acceptors (Lipinski definition) is 3. The highest BCUT2D eigenvalue weighted by atomic mass is 16.5. The van der Waals surface area contributed by atoms with E-state index >= 15 is 0 Å². The predicted octanol–water partition coefficient (Wildman–Crippen LogP) is 1.56. The zero-order chi connectivity index (χ0) is 14.5. The van der Waals surface area contributed by atoms with Crippen molar-refractivity contribution >= 4 is 11.9 Å². The summed E-state index contributed by atoms with van der Waals surface area (Å²) in [7, 11) is 0. The molecule has 1 saturated carbocycles. The Morgan fingerprint density at radius 3 is 2.60 bits per heavy atom. The lowest BCUT2D eigenvalue weighted by Gasteiger charge is -2.10. The molecule has 108 valence electrons. The Labute approximate surface area is 117 Å². The SMILES string of the molecule is CCOCc1ccccc1CNC(=O)C1CC1C(=O)O. The van der Waals surface area contributed by atoms with Crippen LogP contribution >= 0.6 is 0 Å². The van der Waals surface area contributed by atoms with Crippen LogP contribution in [0.5, 0.6) is 0 Å². The van der Waals surface area contributed by atoms with Crippen LogP contribution in [0, 0.1) is 11.8 Å². The molecule has 2 N–H and O–H groups in total. The van der Waals surface area contributed by atoms with E-state index in [4.69, 9.17) is 9.84 Å². The largest absolute Gasteiger partial charge is 0.481 e. The van der Waals surface area contributed by atoms with E-state index in [9.17, 15) is 9.59 Å². The van der Waals surface area contributed by atoms with Crippen LogP contribution in [0.25, 0.3) is 0 Å². The summed E-state index contributed by atoms with van der Waals surface area (Å²) < 4.78 is 5.38. The molecule has 0 radical (unpaired) electrons. The van der Waals surface area contributed by atoms with Crippen molar-refractivity contribution in [3.8, 4) is 0 Å². The molecular weight excluding hydrogens is 258 g/mol. The van der Waals surface area contributed by atoms with Crippen molar-refractivity contribution in [1.82, 2.24) is 5.32 Å². The summed E-state index contributed by atoms with van der Waals surface area (Å²) >= 11 is 0. The van der Waals surface area contributed by atoms with Gasteiger partial charge < -0.3 is 15.2 Å². The zero-order valence-corrected chi connectivity index (χ0v) is 11.5. The third-order valence-corrected chi connectivity index (χ3v) is 3.48. The van der Waals surface area contributed by atoms with Gasteiger partial charge in [-0.1, -0.05) is 24.3 Å². The summed E-state index contributed by atoms with van der Waals surface area (Å²) in [6, 6.07) is 7.75.